The summed E-state index contributed by atoms with van der Waals surface area (Å²) in [6.45, 7) is 2.49. The molecule has 3 rings (SSSR count). The highest BCUT2D eigenvalue weighted by Crippen LogP contribution is 2.37. The number of imidazole rings is 1. The molecule has 0 saturated heterocycles. The second-order valence-corrected chi connectivity index (χ2v) is 6.53. The van der Waals surface area contributed by atoms with Gasteiger partial charge in [0.15, 0.2) is 0 Å². The summed E-state index contributed by atoms with van der Waals surface area (Å²) < 4.78 is 2.04. The predicted molar refractivity (Wildman–Crippen MR) is 98.6 cm³/mol. The number of benzene rings is 1. The van der Waals surface area contributed by atoms with Crippen LogP contribution in [0, 0.1) is 0 Å². The fraction of sp³-hybridized carbons (Fsp3) is 0.421. The summed E-state index contributed by atoms with van der Waals surface area (Å²) in [6, 6.07) is 7.74. The van der Waals surface area contributed by atoms with Crippen LogP contribution in [0.1, 0.15) is 36.6 Å². The van der Waals surface area contributed by atoms with E-state index in [9.17, 15) is 9.59 Å². The number of nitrogens with one attached hydrogen (secondary N) is 2. The summed E-state index contributed by atoms with van der Waals surface area (Å²) in [5.41, 5.74) is 2.36. The molecule has 2 atom stereocenters. The van der Waals surface area contributed by atoms with Crippen LogP contribution >= 0.6 is 0 Å². The van der Waals surface area contributed by atoms with Crippen LogP contribution in [-0.2, 0) is 11.2 Å². The molecular formula is C19H25N5O2. The van der Waals surface area contributed by atoms with E-state index in [-0.39, 0.29) is 30.6 Å². The van der Waals surface area contributed by atoms with Crippen LogP contribution < -0.4 is 10.6 Å². The number of aromatic nitrogens is 2. The minimum Gasteiger partial charge on any atom is -0.345 e. The number of urea groups is 1. The molecule has 7 nitrogen and oxygen atoms in total. The number of fused-ring (bicyclic) bond motifs is 1. The molecule has 0 fully saturated rings. The van der Waals surface area contributed by atoms with Crippen molar-refractivity contribution in [1.29, 1.82) is 0 Å². The Morgan fingerprint density at radius 2 is 2.15 bits per heavy atom. The van der Waals surface area contributed by atoms with Crippen molar-refractivity contribution in [2.24, 2.45) is 0 Å². The van der Waals surface area contributed by atoms with Gasteiger partial charge in [-0.15, -0.1) is 0 Å². The third-order valence-electron chi connectivity index (χ3n) is 4.98. The summed E-state index contributed by atoms with van der Waals surface area (Å²) >= 11 is 0. The fourth-order valence-corrected chi connectivity index (χ4v) is 3.36. The molecule has 2 unspecified atom stereocenters. The van der Waals surface area contributed by atoms with Crippen molar-refractivity contribution in [3.05, 3.63) is 54.1 Å². The molecule has 3 amide bonds. The van der Waals surface area contributed by atoms with Gasteiger partial charge in [-0.05, 0) is 30.9 Å². The van der Waals surface area contributed by atoms with E-state index in [0.29, 0.717) is 6.54 Å². The Morgan fingerprint density at radius 1 is 1.35 bits per heavy atom. The van der Waals surface area contributed by atoms with Crippen LogP contribution in [-0.4, -0.2) is 46.5 Å². The Morgan fingerprint density at radius 3 is 2.88 bits per heavy atom. The largest absolute Gasteiger partial charge is 0.345 e. The van der Waals surface area contributed by atoms with Gasteiger partial charge < -0.3 is 20.1 Å². The molecule has 1 aromatic heterocycles. The first-order chi connectivity index (χ1) is 12.6. The van der Waals surface area contributed by atoms with E-state index in [2.05, 4.69) is 27.8 Å². The fourth-order valence-electron chi connectivity index (χ4n) is 3.36. The summed E-state index contributed by atoms with van der Waals surface area (Å²) in [6.07, 6.45) is 7.32. The van der Waals surface area contributed by atoms with Crippen molar-refractivity contribution in [3.8, 4) is 0 Å². The lowest BCUT2D eigenvalue weighted by molar-refractivity contribution is -0.128. The number of hydrogen-bond donors (Lipinski definition) is 2. The monoisotopic (exact) mass is 355 g/mol. The number of hydrogen-bond acceptors (Lipinski definition) is 3. The van der Waals surface area contributed by atoms with Gasteiger partial charge in [-0.1, -0.05) is 24.3 Å². The molecule has 0 radical (unpaired) electrons. The molecule has 2 aromatic rings. The molecule has 0 spiro atoms. The second-order valence-electron chi connectivity index (χ2n) is 6.53. The average molecular weight is 355 g/mol. The van der Waals surface area contributed by atoms with Crippen molar-refractivity contribution < 1.29 is 9.59 Å². The number of rotatable bonds is 5. The minimum absolute atomic E-state index is 0.0136. The van der Waals surface area contributed by atoms with E-state index in [1.165, 1.54) is 5.56 Å². The van der Waals surface area contributed by atoms with Crippen molar-refractivity contribution in [1.82, 2.24) is 25.1 Å². The minimum atomic E-state index is -0.338. The molecular weight excluding hydrogens is 330 g/mol. The molecule has 7 heteroatoms. The molecule has 2 N–H and O–H groups in total. The maximum Gasteiger partial charge on any atom is 0.315 e. The van der Waals surface area contributed by atoms with Gasteiger partial charge in [-0.25, -0.2) is 9.78 Å². The van der Waals surface area contributed by atoms with Gasteiger partial charge in [0.1, 0.15) is 0 Å². The SMILES string of the molecule is CCN(C)C(=O)CNC(=O)NC1c2ccccc2CCC1n1ccnc1. The molecule has 1 aliphatic carbocycles. The van der Waals surface area contributed by atoms with Crippen LogP contribution in [0.5, 0.6) is 0 Å². The van der Waals surface area contributed by atoms with Gasteiger partial charge in [0, 0.05) is 26.0 Å². The Labute approximate surface area is 153 Å². The van der Waals surface area contributed by atoms with Crippen molar-refractivity contribution in [3.63, 3.8) is 0 Å². The third-order valence-corrected chi connectivity index (χ3v) is 4.98. The zero-order valence-corrected chi connectivity index (χ0v) is 15.2. The lowest BCUT2D eigenvalue weighted by Crippen LogP contribution is -2.46. The summed E-state index contributed by atoms with van der Waals surface area (Å²) in [7, 11) is 1.72. The Balaban J connectivity index is 1.73. The summed E-state index contributed by atoms with van der Waals surface area (Å²) in [4.78, 5) is 30.0. The van der Waals surface area contributed by atoms with Gasteiger partial charge in [0.05, 0.1) is 25.0 Å². The van der Waals surface area contributed by atoms with E-state index in [1.807, 2.05) is 29.8 Å². The van der Waals surface area contributed by atoms with Crippen LogP contribution in [0.4, 0.5) is 4.79 Å². The molecule has 26 heavy (non-hydrogen) atoms. The molecule has 0 aliphatic heterocycles. The average Bonchev–Trinajstić information content (AvgIpc) is 3.20. The van der Waals surface area contributed by atoms with Crippen molar-refractivity contribution in [2.45, 2.75) is 31.8 Å². The predicted octanol–water partition coefficient (Wildman–Crippen LogP) is 1.89. The number of carbonyl (C=O) groups excluding carboxylic acids is 2. The highest BCUT2D eigenvalue weighted by atomic mass is 16.2. The zero-order chi connectivity index (χ0) is 18.5. The number of carbonyl (C=O) groups is 2. The van der Waals surface area contributed by atoms with Crippen LogP contribution in [0.25, 0.3) is 0 Å². The first-order valence-corrected chi connectivity index (χ1v) is 8.93. The molecule has 138 valence electrons. The van der Waals surface area contributed by atoms with Crippen molar-refractivity contribution >= 4 is 11.9 Å². The Kier molecular flexibility index (Phi) is 5.55. The van der Waals surface area contributed by atoms with Gasteiger partial charge >= 0.3 is 6.03 Å². The van der Waals surface area contributed by atoms with Crippen LogP contribution in [0.2, 0.25) is 0 Å². The quantitative estimate of drug-likeness (QED) is 0.860. The molecule has 1 aliphatic rings. The first kappa shape index (κ1) is 18.0. The van der Waals surface area contributed by atoms with Gasteiger partial charge in [-0.3, -0.25) is 4.79 Å². The van der Waals surface area contributed by atoms with E-state index in [1.54, 1.807) is 24.5 Å². The third kappa shape index (κ3) is 3.87. The van der Waals surface area contributed by atoms with Gasteiger partial charge in [0.25, 0.3) is 0 Å². The lowest BCUT2D eigenvalue weighted by atomic mass is 9.84. The smallest absolute Gasteiger partial charge is 0.315 e. The Bertz CT molecular complexity index is 759. The number of likely N-dealkylation sites (N-methyl/N-ethyl adjacent to an activating group) is 1. The summed E-state index contributed by atoms with van der Waals surface area (Å²) in [5, 5.41) is 5.73. The summed E-state index contributed by atoms with van der Waals surface area (Å²) in [5.74, 6) is -0.113. The number of amides is 3. The number of nitrogens with zero attached hydrogens (tertiary/aromatic N) is 3. The Hall–Kier alpha value is -2.83. The standard InChI is InChI=1S/C19H25N5O2/c1-3-23(2)17(25)12-21-19(26)22-18-15-7-5-4-6-14(15)8-9-16(18)24-11-10-20-13-24/h4-7,10-11,13,16,18H,3,8-9,12H2,1-2H3,(H2,21,22,26). The van der Waals surface area contributed by atoms with Crippen LogP contribution in [0.15, 0.2) is 43.0 Å². The molecule has 0 saturated carbocycles. The molecule has 0 bridgehead atoms. The highest BCUT2D eigenvalue weighted by Gasteiger charge is 2.31. The van der Waals surface area contributed by atoms with Gasteiger partial charge in [0.2, 0.25) is 5.91 Å². The van der Waals surface area contributed by atoms with Crippen LogP contribution in [0.3, 0.4) is 0 Å². The van der Waals surface area contributed by atoms with E-state index in [4.69, 9.17) is 0 Å². The van der Waals surface area contributed by atoms with E-state index in [0.717, 1.165) is 18.4 Å². The lowest BCUT2D eigenvalue weighted by Gasteiger charge is -2.35. The zero-order valence-electron chi connectivity index (χ0n) is 15.2. The van der Waals surface area contributed by atoms with E-state index >= 15 is 0 Å². The maximum atomic E-state index is 12.4. The first-order valence-electron chi connectivity index (χ1n) is 8.93. The maximum absolute atomic E-state index is 12.4. The highest BCUT2D eigenvalue weighted by molar-refractivity contribution is 5.84. The normalized spacial score (nSPS) is 18.7. The number of aryl methyl sites for hydroxylation is 1. The topological polar surface area (TPSA) is 79.3 Å². The van der Waals surface area contributed by atoms with Gasteiger partial charge in [-0.2, -0.15) is 0 Å². The van der Waals surface area contributed by atoms with Crippen molar-refractivity contribution in [2.75, 3.05) is 20.1 Å². The second kappa shape index (κ2) is 8.03. The molecule has 1 aromatic carbocycles. The molecule has 1 heterocycles. The van der Waals surface area contributed by atoms with E-state index < -0.39 is 0 Å².